The molecule has 0 radical (unpaired) electrons. The van der Waals surface area contributed by atoms with E-state index in [2.05, 4.69) is 0 Å². The van der Waals surface area contributed by atoms with E-state index in [4.69, 9.17) is 19.2 Å². The summed E-state index contributed by atoms with van der Waals surface area (Å²) in [7, 11) is 4.49. The van der Waals surface area contributed by atoms with Crippen molar-refractivity contribution in [2.24, 2.45) is 10.9 Å². The van der Waals surface area contributed by atoms with Gasteiger partial charge in [-0.3, -0.25) is 14.6 Å². The molecule has 0 bridgehead atoms. The minimum atomic E-state index is -0.725. The zero-order chi connectivity index (χ0) is 23.7. The van der Waals surface area contributed by atoms with E-state index in [-0.39, 0.29) is 23.9 Å². The molecule has 3 atom stereocenters. The minimum Gasteiger partial charge on any atom is -0.508 e. The number of Topliss-reactive ketones (excluding diaryl/α,β-unsaturated/α-hetero) is 1. The SMILES string of the molecule is COC(=O)C1C(C)=NC2=C(C(=O)C[C@@H](c3ccc(OC)c(OC)c3)C2)[C@H]1c1cccc(O)c1. The first-order chi connectivity index (χ1) is 15.9. The summed E-state index contributed by atoms with van der Waals surface area (Å²) < 4.78 is 15.8. The highest BCUT2D eigenvalue weighted by Crippen LogP contribution is 2.47. The zero-order valence-electron chi connectivity index (χ0n) is 19.1. The first-order valence-electron chi connectivity index (χ1n) is 10.8. The number of methoxy groups -OCH3 is 3. The van der Waals surface area contributed by atoms with Crippen LogP contribution in [0.3, 0.4) is 0 Å². The molecule has 2 aromatic carbocycles. The molecule has 2 aromatic rings. The first-order valence-corrected chi connectivity index (χ1v) is 10.8. The second-order valence-corrected chi connectivity index (χ2v) is 8.33. The van der Waals surface area contributed by atoms with E-state index in [9.17, 15) is 14.7 Å². The van der Waals surface area contributed by atoms with Crippen LogP contribution in [0.15, 0.2) is 58.7 Å². The maximum Gasteiger partial charge on any atom is 0.315 e. The molecule has 0 amide bonds. The maximum absolute atomic E-state index is 13.5. The number of benzene rings is 2. The lowest BCUT2D eigenvalue weighted by Crippen LogP contribution is -2.37. The van der Waals surface area contributed by atoms with Crippen molar-refractivity contribution in [3.8, 4) is 17.2 Å². The van der Waals surface area contributed by atoms with E-state index in [1.165, 1.54) is 7.11 Å². The number of ketones is 1. The molecule has 0 fully saturated rings. The molecule has 4 rings (SSSR count). The molecule has 1 aliphatic carbocycles. The third kappa shape index (κ3) is 4.11. The Morgan fingerprint density at radius 1 is 1.00 bits per heavy atom. The molecule has 2 aliphatic rings. The number of phenols is 1. The summed E-state index contributed by atoms with van der Waals surface area (Å²) in [6.45, 7) is 1.78. The zero-order valence-corrected chi connectivity index (χ0v) is 19.1. The average molecular weight is 450 g/mol. The molecule has 1 heterocycles. The fourth-order valence-corrected chi connectivity index (χ4v) is 4.91. The number of hydrogen-bond donors (Lipinski definition) is 1. The van der Waals surface area contributed by atoms with Crippen LogP contribution in [0.2, 0.25) is 0 Å². The Bertz CT molecular complexity index is 1170. The Labute approximate surface area is 192 Å². The molecule has 0 saturated heterocycles. The van der Waals surface area contributed by atoms with Gasteiger partial charge in [0.25, 0.3) is 0 Å². The largest absolute Gasteiger partial charge is 0.508 e. The minimum absolute atomic E-state index is 0.0606. The second-order valence-electron chi connectivity index (χ2n) is 8.33. The summed E-state index contributed by atoms with van der Waals surface area (Å²) in [6, 6.07) is 12.3. The van der Waals surface area contributed by atoms with Crippen molar-refractivity contribution in [3.63, 3.8) is 0 Å². The summed E-state index contributed by atoms with van der Waals surface area (Å²) in [4.78, 5) is 31.0. The molecule has 33 heavy (non-hydrogen) atoms. The Hall–Kier alpha value is -3.61. The monoisotopic (exact) mass is 449 g/mol. The molecule has 0 saturated carbocycles. The summed E-state index contributed by atoms with van der Waals surface area (Å²) in [5, 5.41) is 10.1. The smallest absolute Gasteiger partial charge is 0.315 e. The highest BCUT2D eigenvalue weighted by molar-refractivity contribution is 6.09. The number of allylic oxidation sites excluding steroid dienone is 2. The van der Waals surface area contributed by atoms with Gasteiger partial charge in [0.05, 0.1) is 21.3 Å². The molecule has 172 valence electrons. The van der Waals surface area contributed by atoms with Crippen LogP contribution < -0.4 is 9.47 Å². The fourth-order valence-electron chi connectivity index (χ4n) is 4.91. The number of aliphatic imine (C=N–C) groups is 1. The van der Waals surface area contributed by atoms with Gasteiger partial charge in [-0.05, 0) is 54.7 Å². The number of esters is 1. The predicted octanol–water partition coefficient (Wildman–Crippen LogP) is 4.16. The average Bonchev–Trinajstić information content (AvgIpc) is 2.82. The van der Waals surface area contributed by atoms with E-state index in [1.807, 2.05) is 24.3 Å². The van der Waals surface area contributed by atoms with E-state index >= 15 is 0 Å². The molecule has 1 N–H and O–H groups in total. The van der Waals surface area contributed by atoms with Crippen LogP contribution >= 0.6 is 0 Å². The van der Waals surface area contributed by atoms with Crippen molar-refractivity contribution < 1.29 is 28.9 Å². The molecule has 7 nitrogen and oxygen atoms in total. The molecule has 1 unspecified atom stereocenters. The Morgan fingerprint density at radius 3 is 2.42 bits per heavy atom. The van der Waals surface area contributed by atoms with Gasteiger partial charge < -0.3 is 19.3 Å². The van der Waals surface area contributed by atoms with Gasteiger partial charge in [0.1, 0.15) is 11.7 Å². The lowest BCUT2D eigenvalue weighted by molar-refractivity contribution is -0.143. The van der Waals surface area contributed by atoms with E-state index < -0.39 is 17.8 Å². The number of hydrogen-bond acceptors (Lipinski definition) is 7. The van der Waals surface area contributed by atoms with Crippen LogP contribution in [0.1, 0.15) is 42.7 Å². The molecule has 0 aromatic heterocycles. The van der Waals surface area contributed by atoms with Crippen molar-refractivity contribution in [2.75, 3.05) is 21.3 Å². The van der Waals surface area contributed by atoms with Gasteiger partial charge in [0.15, 0.2) is 17.3 Å². The van der Waals surface area contributed by atoms with E-state index in [0.29, 0.717) is 40.5 Å². The quantitative estimate of drug-likeness (QED) is 0.689. The lowest BCUT2D eigenvalue weighted by atomic mass is 9.69. The van der Waals surface area contributed by atoms with Gasteiger partial charge in [-0.1, -0.05) is 18.2 Å². The number of ether oxygens (including phenoxy) is 3. The Kier molecular flexibility index (Phi) is 6.22. The number of rotatable bonds is 5. The van der Waals surface area contributed by atoms with Crippen molar-refractivity contribution in [2.45, 2.75) is 31.6 Å². The first kappa shape index (κ1) is 22.6. The molecular formula is C26H27NO6. The van der Waals surface area contributed by atoms with Gasteiger partial charge in [0, 0.05) is 29.3 Å². The number of nitrogens with zero attached hydrogens (tertiary/aromatic N) is 1. The van der Waals surface area contributed by atoms with E-state index in [1.54, 1.807) is 39.3 Å². The van der Waals surface area contributed by atoms with Crippen molar-refractivity contribution >= 4 is 17.5 Å². The van der Waals surface area contributed by atoms with Gasteiger partial charge in [-0.2, -0.15) is 0 Å². The predicted molar refractivity (Wildman–Crippen MR) is 123 cm³/mol. The summed E-state index contributed by atoms with van der Waals surface area (Å²) >= 11 is 0. The number of aromatic hydroxyl groups is 1. The number of carbonyl (C=O) groups excluding carboxylic acids is 2. The van der Waals surface area contributed by atoms with Gasteiger partial charge in [0.2, 0.25) is 0 Å². The van der Waals surface area contributed by atoms with Crippen LogP contribution in [0.5, 0.6) is 17.2 Å². The highest BCUT2D eigenvalue weighted by atomic mass is 16.5. The van der Waals surface area contributed by atoms with Gasteiger partial charge in [-0.25, -0.2) is 0 Å². The normalized spacial score (nSPS) is 22.4. The molecule has 7 heteroatoms. The van der Waals surface area contributed by atoms with Crippen LogP contribution in [-0.2, 0) is 14.3 Å². The molecular weight excluding hydrogens is 422 g/mol. The number of phenolic OH excluding ortho intramolecular Hbond substituents is 1. The third-order valence-corrected chi connectivity index (χ3v) is 6.45. The van der Waals surface area contributed by atoms with Crippen LogP contribution in [0.25, 0.3) is 0 Å². The summed E-state index contributed by atoms with van der Waals surface area (Å²) in [5.74, 6) is -0.570. The van der Waals surface area contributed by atoms with Crippen LogP contribution in [0.4, 0.5) is 0 Å². The van der Waals surface area contributed by atoms with E-state index in [0.717, 1.165) is 5.56 Å². The fraction of sp³-hybridized carbons (Fsp3) is 0.346. The Balaban J connectivity index is 1.79. The number of carbonyl (C=O) groups is 2. The van der Waals surface area contributed by atoms with Crippen molar-refractivity contribution in [1.29, 1.82) is 0 Å². The standard InChI is InChI=1S/C26H27NO6/c1-14-23(26(30)33-4)24(16-6-5-7-18(28)10-16)25-19(27-14)11-17(12-20(25)29)15-8-9-21(31-2)22(13-15)32-3/h5-10,13,17,23-24,28H,11-12H2,1-4H3/t17-,23?,24-/m0/s1. The second kappa shape index (κ2) is 9.10. The van der Waals surface area contributed by atoms with Gasteiger partial charge >= 0.3 is 5.97 Å². The lowest BCUT2D eigenvalue weighted by Gasteiger charge is -2.36. The summed E-state index contributed by atoms with van der Waals surface area (Å²) in [6.07, 6.45) is 0.837. The third-order valence-electron chi connectivity index (χ3n) is 6.45. The van der Waals surface area contributed by atoms with Crippen molar-refractivity contribution in [1.82, 2.24) is 0 Å². The highest BCUT2D eigenvalue weighted by Gasteiger charge is 2.44. The topological polar surface area (TPSA) is 94.4 Å². The Morgan fingerprint density at radius 2 is 1.76 bits per heavy atom. The molecule has 1 aliphatic heterocycles. The van der Waals surface area contributed by atoms with Crippen molar-refractivity contribution in [3.05, 3.63) is 64.9 Å². The summed E-state index contributed by atoms with van der Waals surface area (Å²) in [5.41, 5.74) is 3.44. The molecule has 0 spiro atoms. The van der Waals surface area contributed by atoms with Gasteiger partial charge in [-0.15, -0.1) is 0 Å². The maximum atomic E-state index is 13.5. The van der Waals surface area contributed by atoms with Crippen LogP contribution in [-0.4, -0.2) is 43.9 Å². The van der Waals surface area contributed by atoms with Crippen LogP contribution in [0, 0.1) is 5.92 Å².